The van der Waals surface area contributed by atoms with Crippen molar-refractivity contribution < 1.29 is 189 Å². The van der Waals surface area contributed by atoms with Gasteiger partial charge in [0.15, 0.2) is 0 Å². The zero-order chi connectivity index (χ0) is 12.9. The van der Waals surface area contributed by atoms with Crippen molar-refractivity contribution in [3.8, 4) is 0 Å². The smallest absolute Gasteiger partial charge is 0.550 e. The van der Waals surface area contributed by atoms with E-state index < -0.39 is 17.9 Å². The van der Waals surface area contributed by atoms with Gasteiger partial charge in [-0.25, -0.2) is 0 Å². The molecule has 0 bridgehead atoms. The summed E-state index contributed by atoms with van der Waals surface area (Å²) in [7, 11) is 0. The van der Waals surface area contributed by atoms with E-state index in [1.165, 1.54) is 20.8 Å². The van der Waals surface area contributed by atoms with Crippen molar-refractivity contribution in [1.29, 1.82) is 0 Å². The maximum Gasteiger partial charge on any atom is 1.00 e. The largest absolute Gasteiger partial charge is 1.00 e. The number of carboxylic acid groups (broad SMARTS) is 3. The fourth-order valence-electron chi connectivity index (χ4n) is 0. The normalized spacial score (nSPS) is 5.84. The Labute approximate surface area is 241 Å². The van der Waals surface area contributed by atoms with E-state index in [1.807, 2.05) is 0 Å². The Morgan fingerprint density at radius 2 is 0.684 bits per heavy atom. The SMILES string of the molecule is CCC(=O)[O-].CCC(=O)[O-].CCC(=O)[O-].O.[K+].[K+].[K+]. The molecule has 0 saturated heterocycles. The van der Waals surface area contributed by atoms with Gasteiger partial charge in [-0.15, -0.1) is 0 Å². The molecule has 0 aliphatic carbocycles. The molecular weight excluding hydrogens is 337 g/mol. The van der Waals surface area contributed by atoms with Gasteiger partial charge < -0.3 is 35.2 Å². The molecule has 0 radical (unpaired) electrons. The second-order valence-electron chi connectivity index (χ2n) is 2.18. The first-order valence-corrected chi connectivity index (χ1v) is 4.41. The first-order chi connectivity index (χ1) is 6.81. The second-order valence-corrected chi connectivity index (χ2v) is 2.18. The van der Waals surface area contributed by atoms with Gasteiger partial charge >= 0.3 is 154 Å². The molecule has 0 aromatic rings. The molecular formula is C9H17K3O7. The van der Waals surface area contributed by atoms with Gasteiger partial charge in [0.2, 0.25) is 0 Å². The predicted octanol–water partition coefficient (Wildman–Crippen LogP) is -12.4. The molecule has 0 unspecified atom stereocenters. The first kappa shape index (κ1) is 43.2. The molecule has 0 amide bonds. The molecule has 7 nitrogen and oxygen atoms in total. The minimum absolute atomic E-state index is 0. The first-order valence-electron chi connectivity index (χ1n) is 4.41. The van der Waals surface area contributed by atoms with E-state index in [9.17, 15) is 29.7 Å². The summed E-state index contributed by atoms with van der Waals surface area (Å²) < 4.78 is 0. The molecule has 19 heavy (non-hydrogen) atoms. The van der Waals surface area contributed by atoms with Gasteiger partial charge in [-0.3, -0.25) is 0 Å². The van der Waals surface area contributed by atoms with Crippen molar-refractivity contribution in [2.75, 3.05) is 0 Å². The average Bonchev–Trinajstić information content (AvgIpc) is 2.19. The van der Waals surface area contributed by atoms with Crippen molar-refractivity contribution in [1.82, 2.24) is 0 Å². The topological polar surface area (TPSA) is 152 Å². The quantitative estimate of drug-likeness (QED) is 0.459. The predicted molar refractivity (Wildman–Crippen MR) is 49.5 cm³/mol. The maximum atomic E-state index is 9.26. The van der Waals surface area contributed by atoms with E-state index in [4.69, 9.17) is 0 Å². The molecule has 0 aliphatic heterocycles. The van der Waals surface area contributed by atoms with Crippen molar-refractivity contribution in [3.63, 3.8) is 0 Å². The van der Waals surface area contributed by atoms with Gasteiger partial charge in [-0.2, -0.15) is 0 Å². The maximum absolute atomic E-state index is 9.26. The van der Waals surface area contributed by atoms with Crippen LogP contribution in [-0.2, 0) is 14.4 Å². The van der Waals surface area contributed by atoms with E-state index >= 15 is 0 Å². The Morgan fingerprint density at radius 1 is 0.632 bits per heavy atom. The number of hydrogen-bond donors (Lipinski definition) is 0. The minimum Gasteiger partial charge on any atom is -0.550 e. The van der Waals surface area contributed by atoms with Crippen molar-refractivity contribution in [2.24, 2.45) is 0 Å². The van der Waals surface area contributed by atoms with Gasteiger partial charge in [-0.1, -0.05) is 20.8 Å². The number of carboxylic acids is 3. The minimum atomic E-state index is -0.995. The Balaban J connectivity index is -0.0000000206. The summed E-state index contributed by atoms with van der Waals surface area (Å²) in [6.45, 7) is 4.61. The van der Waals surface area contributed by atoms with Crippen LogP contribution in [0.3, 0.4) is 0 Å². The Kier molecular flexibility index (Phi) is 85.3. The summed E-state index contributed by atoms with van der Waals surface area (Å²) in [5.41, 5.74) is 0. The van der Waals surface area contributed by atoms with E-state index in [2.05, 4.69) is 0 Å². The van der Waals surface area contributed by atoms with E-state index in [0.29, 0.717) is 0 Å². The Morgan fingerprint density at radius 3 is 0.684 bits per heavy atom. The van der Waals surface area contributed by atoms with Crippen molar-refractivity contribution in [3.05, 3.63) is 0 Å². The van der Waals surface area contributed by atoms with Gasteiger partial charge in [0.1, 0.15) is 0 Å². The number of carbonyl (C=O) groups is 3. The summed E-state index contributed by atoms with van der Waals surface area (Å²) in [5.74, 6) is -2.99. The van der Waals surface area contributed by atoms with Gasteiger partial charge in [0.05, 0.1) is 0 Å². The van der Waals surface area contributed by atoms with E-state index in [0.717, 1.165) is 0 Å². The van der Waals surface area contributed by atoms with Crippen LogP contribution in [0.5, 0.6) is 0 Å². The fourth-order valence-corrected chi connectivity index (χ4v) is 0. The molecule has 10 heteroatoms. The van der Waals surface area contributed by atoms with Crippen LogP contribution in [0.2, 0.25) is 0 Å². The van der Waals surface area contributed by atoms with Crippen LogP contribution in [0.15, 0.2) is 0 Å². The third-order valence-electron chi connectivity index (χ3n) is 0.866. The summed E-state index contributed by atoms with van der Waals surface area (Å²) in [6.07, 6.45) is 0.333. The zero-order valence-electron chi connectivity index (χ0n) is 12.6. The summed E-state index contributed by atoms with van der Waals surface area (Å²) in [5, 5.41) is 27.8. The third-order valence-corrected chi connectivity index (χ3v) is 0.866. The number of hydrogen-bond acceptors (Lipinski definition) is 6. The molecule has 0 aliphatic rings. The van der Waals surface area contributed by atoms with Crippen LogP contribution in [0.1, 0.15) is 40.0 Å². The van der Waals surface area contributed by atoms with E-state index in [1.54, 1.807) is 0 Å². The number of carbonyl (C=O) groups excluding carboxylic acids is 3. The summed E-state index contributed by atoms with van der Waals surface area (Å²) in [4.78, 5) is 27.8. The monoisotopic (exact) mass is 354 g/mol. The third kappa shape index (κ3) is 91.9. The standard InChI is InChI=1S/3C3H6O2.3K.H2O/c3*1-2-3(4)5;;;;/h3*2H2,1H3,(H,4,5);;;;1H2/q;;;3*+1;/p-3. The van der Waals surface area contributed by atoms with Crippen molar-refractivity contribution in [2.45, 2.75) is 40.0 Å². The van der Waals surface area contributed by atoms with Crippen LogP contribution in [0.4, 0.5) is 0 Å². The Hall–Kier alpha value is 3.28. The second kappa shape index (κ2) is 37.5. The van der Waals surface area contributed by atoms with Crippen LogP contribution >= 0.6 is 0 Å². The van der Waals surface area contributed by atoms with Gasteiger partial charge in [0, 0.05) is 17.9 Å². The van der Waals surface area contributed by atoms with Crippen LogP contribution in [0, 0.1) is 0 Å². The van der Waals surface area contributed by atoms with Gasteiger partial charge in [-0.05, 0) is 19.3 Å². The molecule has 2 N–H and O–H groups in total. The van der Waals surface area contributed by atoms with Crippen molar-refractivity contribution >= 4 is 17.9 Å². The summed E-state index contributed by atoms with van der Waals surface area (Å²) >= 11 is 0. The number of rotatable bonds is 3. The molecule has 0 fully saturated rings. The van der Waals surface area contributed by atoms with E-state index in [-0.39, 0.29) is 179 Å². The van der Waals surface area contributed by atoms with Crippen LogP contribution < -0.4 is 169 Å². The average molecular weight is 355 g/mol. The molecule has 0 aromatic carbocycles. The Bertz CT molecular complexity index is 167. The molecule has 0 heterocycles. The van der Waals surface area contributed by atoms with Crippen LogP contribution in [-0.4, -0.2) is 23.4 Å². The molecule has 98 valence electrons. The molecule has 0 rings (SSSR count). The zero-order valence-corrected chi connectivity index (χ0v) is 21.9. The van der Waals surface area contributed by atoms with Gasteiger partial charge in [0.25, 0.3) is 0 Å². The van der Waals surface area contributed by atoms with Crippen LogP contribution in [0.25, 0.3) is 0 Å². The fraction of sp³-hybridized carbons (Fsp3) is 0.667. The summed E-state index contributed by atoms with van der Waals surface area (Å²) in [6, 6.07) is 0. The molecule has 0 atom stereocenters. The molecule has 0 saturated carbocycles. The molecule has 0 aromatic heterocycles. The molecule has 0 spiro atoms. The number of aliphatic carboxylic acids is 3.